The second-order valence-corrected chi connectivity index (χ2v) is 4.81. The predicted octanol–water partition coefficient (Wildman–Crippen LogP) is -1.37. The summed E-state index contributed by atoms with van der Waals surface area (Å²) in [4.78, 5) is 23.3. The van der Waals surface area contributed by atoms with E-state index in [4.69, 9.17) is 0 Å². The number of benzene rings is 1. The highest BCUT2D eigenvalue weighted by Gasteiger charge is 2.30. The van der Waals surface area contributed by atoms with Gasteiger partial charge in [-0.2, -0.15) is 0 Å². The van der Waals surface area contributed by atoms with Gasteiger partial charge in [-0.15, -0.1) is 0 Å². The fourth-order valence-corrected chi connectivity index (χ4v) is 1.95. The Bertz CT molecular complexity index is 531. The Labute approximate surface area is 115 Å². The maximum atomic E-state index is 12.1. The Morgan fingerprint density at radius 2 is 1.90 bits per heavy atom. The van der Waals surface area contributed by atoms with Gasteiger partial charge < -0.3 is 26.0 Å². The summed E-state index contributed by atoms with van der Waals surface area (Å²) in [6, 6.07) is 4.71. The van der Waals surface area contributed by atoms with Gasteiger partial charge in [-0.1, -0.05) is 0 Å². The van der Waals surface area contributed by atoms with Gasteiger partial charge in [-0.05, 0) is 23.8 Å². The zero-order valence-corrected chi connectivity index (χ0v) is 10.7. The number of hydrogen-bond acceptors (Lipinski definition) is 5. The molecule has 7 heteroatoms. The van der Waals surface area contributed by atoms with Gasteiger partial charge in [0.05, 0.1) is 26.2 Å². The Hall–Kier alpha value is -1.96. The summed E-state index contributed by atoms with van der Waals surface area (Å²) < 4.78 is 0. The topological polar surface area (TPSA) is 119 Å². The van der Waals surface area contributed by atoms with E-state index in [2.05, 4.69) is 10.6 Å². The quantitative estimate of drug-likeness (QED) is 0.456. The van der Waals surface area contributed by atoms with Crippen LogP contribution < -0.4 is 10.6 Å². The van der Waals surface area contributed by atoms with Crippen LogP contribution in [0.1, 0.15) is 15.9 Å². The van der Waals surface area contributed by atoms with Crippen LogP contribution in [0.4, 0.5) is 5.69 Å². The van der Waals surface area contributed by atoms with Gasteiger partial charge in [-0.25, -0.2) is 0 Å². The van der Waals surface area contributed by atoms with Gasteiger partial charge in [0.2, 0.25) is 5.91 Å². The number of anilines is 1. The molecule has 1 aromatic carbocycles. The minimum absolute atomic E-state index is 0.132. The standard InChI is InChI=1S/C13H16N2O5/c16-5-13(6-17,7-18)15-12(20)8-1-2-10-9(3-8)4-11(19)14-10/h1-3,16-18H,4-7H2,(H,14,19)(H,15,20). The van der Waals surface area contributed by atoms with Crippen molar-refractivity contribution in [1.29, 1.82) is 0 Å². The summed E-state index contributed by atoms with van der Waals surface area (Å²) >= 11 is 0. The highest BCUT2D eigenvalue weighted by atomic mass is 16.3. The maximum absolute atomic E-state index is 12.1. The smallest absolute Gasteiger partial charge is 0.251 e. The first-order valence-corrected chi connectivity index (χ1v) is 6.11. The molecule has 5 N–H and O–H groups in total. The molecule has 20 heavy (non-hydrogen) atoms. The molecule has 0 spiro atoms. The molecule has 1 aliphatic rings. The van der Waals surface area contributed by atoms with E-state index in [1.807, 2.05) is 0 Å². The molecule has 0 fully saturated rings. The average Bonchev–Trinajstić information content (AvgIpc) is 2.83. The van der Waals surface area contributed by atoms with Gasteiger partial charge in [0.1, 0.15) is 5.54 Å². The molecular weight excluding hydrogens is 264 g/mol. The summed E-state index contributed by atoms with van der Waals surface area (Å²) in [7, 11) is 0. The molecule has 1 heterocycles. The number of aliphatic hydroxyl groups is 3. The summed E-state index contributed by atoms with van der Waals surface area (Å²) in [5.74, 6) is -0.669. The zero-order valence-electron chi connectivity index (χ0n) is 10.7. The van der Waals surface area contributed by atoms with Crippen molar-refractivity contribution in [1.82, 2.24) is 5.32 Å². The number of hydrogen-bond donors (Lipinski definition) is 5. The van der Waals surface area contributed by atoms with E-state index in [-0.39, 0.29) is 12.3 Å². The van der Waals surface area contributed by atoms with Gasteiger partial charge in [-0.3, -0.25) is 9.59 Å². The van der Waals surface area contributed by atoms with Crippen molar-refractivity contribution < 1.29 is 24.9 Å². The molecule has 2 rings (SSSR count). The van der Waals surface area contributed by atoms with Crippen LogP contribution in [0.25, 0.3) is 0 Å². The summed E-state index contributed by atoms with van der Waals surface area (Å²) in [5, 5.41) is 32.6. The lowest BCUT2D eigenvalue weighted by molar-refractivity contribution is -0.115. The molecule has 0 aliphatic carbocycles. The minimum atomic E-state index is -1.47. The monoisotopic (exact) mass is 280 g/mol. The van der Waals surface area contributed by atoms with Crippen LogP contribution in [0.15, 0.2) is 18.2 Å². The molecular formula is C13H16N2O5. The van der Waals surface area contributed by atoms with Gasteiger partial charge in [0.15, 0.2) is 0 Å². The number of carbonyl (C=O) groups excluding carboxylic acids is 2. The molecule has 0 saturated heterocycles. The number of carbonyl (C=O) groups is 2. The Morgan fingerprint density at radius 1 is 1.25 bits per heavy atom. The second-order valence-electron chi connectivity index (χ2n) is 4.81. The fourth-order valence-electron chi connectivity index (χ4n) is 1.95. The molecule has 1 aromatic rings. The summed E-state index contributed by atoms with van der Waals surface area (Å²) in [6.07, 6.45) is 0.210. The van der Waals surface area contributed by atoms with Crippen molar-refractivity contribution in [3.05, 3.63) is 29.3 Å². The summed E-state index contributed by atoms with van der Waals surface area (Å²) in [5.41, 5.74) is 0.207. The van der Waals surface area contributed by atoms with Crippen LogP contribution in [0.3, 0.4) is 0 Å². The Morgan fingerprint density at radius 3 is 2.50 bits per heavy atom. The second kappa shape index (κ2) is 5.58. The largest absolute Gasteiger partial charge is 0.394 e. The van der Waals surface area contributed by atoms with Crippen LogP contribution in [0.2, 0.25) is 0 Å². The molecule has 0 radical (unpaired) electrons. The van der Waals surface area contributed by atoms with E-state index in [1.165, 1.54) is 6.07 Å². The molecule has 7 nitrogen and oxygen atoms in total. The van der Waals surface area contributed by atoms with E-state index in [0.29, 0.717) is 16.8 Å². The summed E-state index contributed by atoms with van der Waals surface area (Å²) in [6.45, 7) is -1.76. The van der Waals surface area contributed by atoms with Crippen molar-refractivity contribution in [3.8, 4) is 0 Å². The zero-order chi connectivity index (χ0) is 14.8. The average molecular weight is 280 g/mol. The molecule has 2 amide bonds. The third-order valence-electron chi connectivity index (χ3n) is 3.28. The maximum Gasteiger partial charge on any atom is 0.251 e. The van der Waals surface area contributed by atoms with Crippen LogP contribution >= 0.6 is 0 Å². The minimum Gasteiger partial charge on any atom is -0.394 e. The number of nitrogens with one attached hydrogen (secondary N) is 2. The number of fused-ring (bicyclic) bond motifs is 1. The SMILES string of the molecule is O=C1Cc2cc(C(=O)NC(CO)(CO)CO)ccc2N1. The van der Waals surface area contributed by atoms with Crippen LogP contribution in [-0.2, 0) is 11.2 Å². The molecule has 108 valence electrons. The predicted molar refractivity (Wildman–Crippen MR) is 70.2 cm³/mol. The first-order chi connectivity index (χ1) is 9.53. The lowest BCUT2D eigenvalue weighted by Crippen LogP contribution is -2.57. The van der Waals surface area contributed by atoms with Gasteiger partial charge in [0.25, 0.3) is 5.91 Å². The van der Waals surface area contributed by atoms with Crippen molar-refractivity contribution in [2.45, 2.75) is 12.0 Å². The number of amides is 2. The molecule has 0 saturated carbocycles. The first kappa shape index (κ1) is 14.4. The molecule has 0 atom stereocenters. The van der Waals surface area contributed by atoms with E-state index in [9.17, 15) is 24.9 Å². The lowest BCUT2D eigenvalue weighted by Gasteiger charge is -2.28. The number of rotatable bonds is 5. The Balaban J connectivity index is 2.18. The Kier molecular flexibility index (Phi) is 4.03. The highest BCUT2D eigenvalue weighted by Crippen LogP contribution is 2.24. The van der Waals surface area contributed by atoms with Gasteiger partial charge >= 0.3 is 0 Å². The van der Waals surface area contributed by atoms with Crippen molar-refractivity contribution >= 4 is 17.5 Å². The first-order valence-electron chi connectivity index (χ1n) is 6.11. The van der Waals surface area contributed by atoms with E-state index in [1.54, 1.807) is 12.1 Å². The molecule has 0 unspecified atom stereocenters. The van der Waals surface area contributed by atoms with Crippen molar-refractivity contribution in [2.75, 3.05) is 25.1 Å². The molecule has 0 bridgehead atoms. The van der Waals surface area contributed by atoms with Crippen LogP contribution in [0, 0.1) is 0 Å². The fraction of sp³-hybridized carbons (Fsp3) is 0.385. The lowest BCUT2D eigenvalue weighted by atomic mass is 10.0. The highest BCUT2D eigenvalue weighted by molar-refractivity contribution is 6.01. The van der Waals surface area contributed by atoms with Crippen molar-refractivity contribution in [3.63, 3.8) is 0 Å². The molecule has 1 aliphatic heterocycles. The van der Waals surface area contributed by atoms with Crippen LogP contribution in [-0.4, -0.2) is 52.5 Å². The molecule has 0 aromatic heterocycles. The third kappa shape index (κ3) is 2.64. The van der Waals surface area contributed by atoms with Gasteiger partial charge in [0, 0.05) is 11.3 Å². The normalized spacial score (nSPS) is 13.8. The number of aliphatic hydroxyl groups excluding tert-OH is 3. The van der Waals surface area contributed by atoms with E-state index in [0.717, 1.165) is 0 Å². The van der Waals surface area contributed by atoms with E-state index < -0.39 is 31.3 Å². The van der Waals surface area contributed by atoms with E-state index >= 15 is 0 Å². The van der Waals surface area contributed by atoms with Crippen molar-refractivity contribution in [2.24, 2.45) is 0 Å². The third-order valence-corrected chi connectivity index (χ3v) is 3.28. The van der Waals surface area contributed by atoms with Crippen LogP contribution in [0.5, 0.6) is 0 Å².